The second-order valence-electron chi connectivity index (χ2n) is 5.94. The van der Waals surface area contributed by atoms with Gasteiger partial charge in [-0.1, -0.05) is 43.4 Å². The van der Waals surface area contributed by atoms with Crippen molar-refractivity contribution in [3.63, 3.8) is 0 Å². The molecule has 3 aromatic rings. The summed E-state index contributed by atoms with van der Waals surface area (Å²) in [6.45, 7) is 6.13. The van der Waals surface area contributed by atoms with Gasteiger partial charge in [0.15, 0.2) is 0 Å². The van der Waals surface area contributed by atoms with Crippen LogP contribution in [0.25, 0.3) is 5.69 Å². The second-order valence-corrected chi connectivity index (χ2v) is 7.01. The molecule has 2 heterocycles. The fourth-order valence-electron chi connectivity index (χ4n) is 2.36. The predicted molar refractivity (Wildman–Crippen MR) is 94.7 cm³/mol. The van der Waals surface area contributed by atoms with E-state index in [0.29, 0.717) is 16.6 Å². The molecule has 7 heteroatoms. The van der Waals surface area contributed by atoms with E-state index in [1.807, 2.05) is 37.3 Å². The van der Waals surface area contributed by atoms with Crippen molar-refractivity contribution in [2.75, 3.05) is 5.32 Å². The Morgan fingerprint density at radius 1 is 1.25 bits per heavy atom. The van der Waals surface area contributed by atoms with Crippen LogP contribution < -0.4 is 5.32 Å². The zero-order chi connectivity index (χ0) is 17.1. The van der Waals surface area contributed by atoms with Gasteiger partial charge in [0, 0.05) is 6.42 Å². The number of para-hydroxylation sites is 1. The molecule has 0 saturated heterocycles. The van der Waals surface area contributed by atoms with Gasteiger partial charge in [0.2, 0.25) is 5.13 Å². The number of carbonyl (C=O) groups excluding carboxylic acids is 1. The van der Waals surface area contributed by atoms with Gasteiger partial charge in [-0.2, -0.15) is 5.10 Å². The largest absolute Gasteiger partial charge is 0.296 e. The van der Waals surface area contributed by atoms with Gasteiger partial charge >= 0.3 is 0 Å². The monoisotopic (exact) mass is 341 g/mol. The Morgan fingerprint density at radius 2 is 2.00 bits per heavy atom. The second kappa shape index (κ2) is 6.92. The van der Waals surface area contributed by atoms with E-state index in [9.17, 15) is 4.79 Å². The van der Waals surface area contributed by atoms with E-state index >= 15 is 0 Å². The summed E-state index contributed by atoms with van der Waals surface area (Å²) >= 11 is 1.41. The summed E-state index contributed by atoms with van der Waals surface area (Å²) in [5, 5.41) is 16.7. The lowest BCUT2D eigenvalue weighted by Gasteiger charge is -2.05. The topological polar surface area (TPSA) is 72.7 Å². The van der Waals surface area contributed by atoms with Gasteiger partial charge in [-0.3, -0.25) is 10.1 Å². The molecule has 0 radical (unpaired) electrons. The standard InChI is InChI=1S/C17H19N5OS/c1-11(2)9-15-20-21-17(24-15)19-16(23)14-10-18-22(12(14)3)13-7-5-4-6-8-13/h4-8,10-11H,9H2,1-3H3,(H,19,21,23). The van der Waals surface area contributed by atoms with Crippen LogP contribution in [0.15, 0.2) is 36.5 Å². The maximum atomic E-state index is 12.5. The SMILES string of the molecule is Cc1c(C(=O)Nc2nnc(CC(C)C)s2)cnn1-c1ccccc1. The minimum Gasteiger partial charge on any atom is -0.296 e. The van der Waals surface area contributed by atoms with Crippen molar-refractivity contribution in [1.29, 1.82) is 0 Å². The average molecular weight is 341 g/mol. The van der Waals surface area contributed by atoms with Crippen LogP contribution in [0.1, 0.15) is 34.9 Å². The van der Waals surface area contributed by atoms with E-state index < -0.39 is 0 Å². The van der Waals surface area contributed by atoms with Crippen molar-refractivity contribution in [3.05, 3.63) is 52.8 Å². The highest BCUT2D eigenvalue weighted by molar-refractivity contribution is 7.15. The molecular weight excluding hydrogens is 322 g/mol. The van der Waals surface area contributed by atoms with Crippen molar-refractivity contribution in [2.45, 2.75) is 27.2 Å². The summed E-state index contributed by atoms with van der Waals surface area (Å²) < 4.78 is 1.75. The van der Waals surface area contributed by atoms with Crippen molar-refractivity contribution in [3.8, 4) is 5.69 Å². The maximum absolute atomic E-state index is 12.5. The number of benzene rings is 1. The fourth-order valence-corrected chi connectivity index (χ4v) is 3.31. The van der Waals surface area contributed by atoms with Crippen LogP contribution in [0.2, 0.25) is 0 Å². The summed E-state index contributed by atoms with van der Waals surface area (Å²) in [5.74, 6) is 0.287. The average Bonchev–Trinajstić information content (AvgIpc) is 3.14. The molecule has 0 aliphatic rings. The third-order valence-electron chi connectivity index (χ3n) is 3.53. The smallest absolute Gasteiger partial charge is 0.260 e. The number of rotatable bonds is 5. The lowest BCUT2D eigenvalue weighted by atomic mass is 10.1. The number of nitrogens with zero attached hydrogens (tertiary/aromatic N) is 4. The fraction of sp³-hybridized carbons (Fsp3) is 0.294. The molecule has 6 nitrogen and oxygen atoms in total. The van der Waals surface area contributed by atoms with Gasteiger partial charge in [0.05, 0.1) is 23.1 Å². The molecule has 0 saturated carbocycles. The van der Waals surface area contributed by atoms with Crippen LogP contribution in [0.3, 0.4) is 0 Å². The quantitative estimate of drug-likeness (QED) is 0.771. The minimum absolute atomic E-state index is 0.220. The highest BCUT2D eigenvalue weighted by Crippen LogP contribution is 2.20. The highest BCUT2D eigenvalue weighted by Gasteiger charge is 2.17. The van der Waals surface area contributed by atoms with Crippen molar-refractivity contribution < 1.29 is 4.79 Å². The van der Waals surface area contributed by atoms with E-state index in [1.165, 1.54) is 11.3 Å². The first-order valence-corrected chi connectivity index (χ1v) is 8.60. The van der Waals surface area contributed by atoms with Gasteiger partial charge in [0.1, 0.15) is 5.01 Å². The third-order valence-corrected chi connectivity index (χ3v) is 4.39. The first-order chi connectivity index (χ1) is 11.5. The molecule has 0 aliphatic heterocycles. The molecule has 1 amide bonds. The number of amides is 1. The number of nitrogens with one attached hydrogen (secondary N) is 1. The Balaban J connectivity index is 1.76. The van der Waals surface area contributed by atoms with Crippen LogP contribution in [0, 0.1) is 12.8 Å². The molecule has 2 aromatic heterocycles. The summed E-state index contributed by atoms with van der Waals surface area (Å²) in [6, 6.07) is 9.72. The Kier molecular flexibility index (Phi) is 4.71. The van der Waals surface area contributed by atoms with Crippen LogP contribution in [0.5, 0.6) is 0 Å². The summed E-state index contributed by atoms with van der Waals surface area (Å²) in [6.07, 6.45) is 2.44. The Bertz CT molecular complexity index is 838. The zero-order valence-corrected chi connectivity index (χ0v) is 14.7. The van der Waals surface area contributed by atoms with Crippen LogP contribution in [0.4, 0.5) is 5.13 Å². The summed E-state index contributed by atoms with van der Waals surface area (Å²) in [7, 11) is 0. The number of hydrogen-bond donors (Lipinski definition) is 1. The van der Waals surface area contributed by atoms with E-state index in [0.717, 1.165) is 22.8 Å². The predicted octanol–water partition coefficient (Wildman–Crippen LogP) is 3.48. The molecule has 0 unspecified atom stereocenters. The molecule has 0 atom stereocenters. The molecule has 3 rings (SSSR count). The van der Waals surface area contributed by atoms with Crippen molar-refractivity contribution >= 4 is 22.4 Å². The number of aromatic nitrogens is 4. The molecule has 1 N–H and O–H groups in total. The number of hydrogen-bond acceptors (Lipinski definition) is 5. The van der Waals surface area contributed by atoms with Crippen LogP contribution in [-0.2, 0) is 6.42 Å². The van der Waals surface area contributed by atoms with E-state index in [4.69, 9.17) is 0 Å². The Labute approximate surface area is 144 Å². The third kappa shape index (κ3) is 3.51. The molecule has 0 spiro atoms. The zero-order valence-electron chi connectivity index (χ0n) is 13.9. The van der Waals surface area contributed by atoms with Crippen molar-refractivity contribution in [2.24, 2.45) is 5.92 Å². The first-order valence-electron chi connectivity index (χ1n) is 7.78. The summed E-state index contributed by atoms with van der Waals surface area (Å²) in [5.41, 5.74) is 2.23. The highest BCUT2D eigenvalue weighted by atomic mass is 32.1. The molecule has 0 aliphatic carbocycles. The Hall–Kier alpha value is -2.54. The molecule has 0 fully saturated rings. The lowest BCUT2D eigenvalue weighted by molar-refractivity contribution is 0.102. The number of anilines is 1. The van der Waals surface area contributed by atoms with E-state index in [2.05, 4.69) is 34.5 Å². The normalized spacial score (nSPS) is 11.0. The van der Waals surface area contributed by atoms with Crippen LogP contribution >= 0.6 is 11.3 Å². The molecular formula is C17H19N5OS. The first kappa shape index (κ1) is 16.3. The van der Waals surface area contributed by atoms with Gasteiger partial charge in [0.25, 0.3) is 5.91 Å². The van der Waals surface area contributed by atoms with Crippen molar-refractivity contribution in [1.82, 2.24) is 20.0 Å². The molecule has 1 aromatic carbocycles. The Morgan fingerprint density at radius 3 is 2.71 bits per heavy atom. The van der Waals surface area contributed by atoms with Gasteiger partial charge in [-0.05, 0) is 25.0 Å². The number of carbonyl (C=O) groups is 1. The van der Waals surface area contributed by atoms with E-state index in [-0.39, 0.29) is 5.91 Å². The summed E-state index contributed by atoms with van der Waals surface area (Å²) in [4.78, 5) is 12.5. The molecule has 24 heavy (non-hydrogen) atoms. The lowest BCUT2D eigenvalue weighted by Crippen LogP contribution is -2.13. The maximum Gasteiger partial charge on any atom is 0.260 e. The van der Waals surface area contributed by atoms with Gasteiger partial charge in [-0.25, -0.2) is 4.68 Å². The van der Waals surface area contributed by atoms with Gasteiger partial charge < -0.3 is 0 Å². The van der Waals surface area contributed by atoms with Gasteiger partial charge in [-0.15, -0.1) is 10.2 Å². The van der Waals surface area contributed by atoms with E-state index in [1.54, 1.807) is 10.9 Å². The van der Waals surface area contributed by atoms with Crippen LogP contribution in [-0.4, -0.2) is 25.9 Å². The molecule has 124 valence electrons. The minimum atomic E-state index is -0.220. The molecule has 0 bridgehead atoms.